The number of anilines is 1. The van der Waals surface area contributed by atoms with Crippen LogP contribution in [0.2, 0.25) is 0 Å². The fraction of sp³-hybridized carbons (Fsp3) is 0.333. The van der Waals surface area contributed by atoms with E-state index in [-0.39, 0.29) is 19.0 Å². The van der Waals surface area contributed by atoms with Crippen LogP contribution < -0.4 is 4.90 Å². The number of hydrogen-bond donors (Lipinski definition) is 0. The maximum atomic E-state index is 12.6. The van der Waals surface area contributed by atoms with Crippen LogP contribution >= 0.6 is 0 Å². The SMILES string of the molecule is O=C=NCC(=O)N(CC(=O)N1CCCC1)c1cccc2cccnc12. The van der Waals surface area contributed by atoms with Crippen molar-refractivity contribution in [1.29, 1.82) is 0 Å². The molecule has 0 atom stereocenters. The molecule has 7 nitrogen and oxygen atoms in total. The van der Waals surface area contributed by atoms with Crippen molar-refractivity contribution >= 4 is 34.5 Å². The average molecular weight is 338 g/mol. The number of likely N-dealkylation sites (tertiary alicyclic amines) is 1. The molecule has 1 aliphatic heterocycles. The topological polar surface area (TPSA) is 82.9 Å². The molecule has 1 aliphatic rings. The Balaban J connectivity index is 1.95. The molecule has 0 N–H and O–H groups in total. The number of amides is 2. The molecule has 3 rings (SSSR count). The zero-order valence-electron chi connectivity index (χ0n) is 13.7. The van der Waals surface area contributed by atoms with Crippen molar-refractivity contribution in [3.8, 4) is 0 Å². The number of carbonyl (C=O) groups is 2. The second-order valence-electron chi connectivity index (χ2n) is 5.83. The highest BCUT2D eigenvalue weighted by Gasteiger charge is 2.25. The van der Waals surface area contributed by atoms with Crippen molar-refractivity contribution in [2.75, 3.05) is 31.1 Å². The normalized spacial score (nSPS) is 13.5. The second-order valence-corrected chi connectivity index (χ2v) is 5.83. The van der Waals surface area contributed by atoms with Gasteiger partial charge in [0.25, 0.3) is 0 Å². The third-order valence-corrected chi connectivity index (χ3v) is 4.23. The van der Waals surface area contributed by atoms with E-state index in [0.29, 0.717) is 24.3 Å². The number of hydrogen-bond acceptors (Lipinski definition) is 5. The van der Waals surface area contributed by atoms with Gasteiger partial charge in [0.15, 0.2) is 0 Å². The molecular formula is C18H18N4O3. The van der Waals surface area contributed by atoms with Gasteiger partial charge >= 0.3 is 0 Å². The Kier molecular flexibility index (Phi) is 5.16. The van der Waals surface area contributed by atoms with E-state index in [1.165, 1.54) is 11.0 Å². The number of aliphatic imine (C=N–C) groups is 1. The van der Waals surface area contributed by atoms with E-state index in [2.05, 4.69) is 9.98 Å². The summed E-state index contributed by atoms with van der Waals surface area (Å²) in [5.74, 6) is -0.553. The minimum absolute atomic E-state index is 0.0943. The summed E-state index contributed by atoms with van der Waals surface area (Å²) in [7, 11) is 0. The minimum Gasteiger partial charge on any atom is -0.341 e. The van der Waals surface area contributed by atoms with Gasteiger partial charge in [0.05, 0.1) is 11.2 Å². The van der Waals surface area contributed by atoms with E-state index < -0.39 is 5.91 Å². The molecule has 128 valence electrons. The van der Waals surface area contributed by atoms with Crippen molar-refractivity contribution in [3.05, 3.63) is 36.5 Å². The zero-order valence-corrected chi connectivity index (χ0v) is 13.7. The molecule has 2 amide bonds. The summed E-state index contributed by atoms with van der Waals surface area (Å²) in [4.78, 5) is 46.3. The molecule has 1 saturated heterocycles. The first kappa shape index (κ1) is 16.8. The van der Waals surface area contributed by atoms with Gasteiger partial charge in [-0.1, -0.05) is 18.2 Å². The van der Waals surface area contributed by atoms with Crippen LogP contribution in [0, 0.1) is 0 Å². The fourth-order valence-electron chi connectivity index (χ4n) is 3.00. The molecule has 0 radical (unpaired) electrons. The summed E-state index contributed by atoms with van der Waals surface area (Å²) in [6.45, 7) is 0.977. The van der Waals surface area contributed by atoms with Gasteiger partial charge in [-0.05, 0) is 25.0 Å². The van der Waals surface area contributed by atoms with Crippen LogP contribution in [0.3, 0.4) is 0 Å². The molecule has 0 unspecified atom stereocenters. The Morgan fingerprint density at radius 2 is 1.96 bits per heavy atom. The van der Waals surface area contributed by atoms with Crippen molar-refractivity contribution < 1.29 is 14.4 Å². The number of fused-ring (bicyclic) bond motifs is 1. The smallest absolute Gasteiger partial charge is 0.250 e. The van der Waals surface area contributed by atoms with E-state index in [4.69, 9.17) is 0 Å². The highest BCUT2D eigenvalue weighted by molar-refractivity contribution is 6.05. The van der Waals surface area contributed by atoms with E-state index >= 15 is 0 Å². The van der Waals surface area contributed by atoms with Crippen LogP contribution in [0.5, 0.6) is 0 Å². The van der Waals surface area contributed by atoms with Gasteiger partial charge in [-0.2, -0.15) is 4.99 Å². The van der Waals surface area contributed by atoms with Gasteiger partial charge in [-0.15, -0.1) is 0 Å². The lowest BCUT2D eigenvalue weighted by Gasteiger charge is -2.25. The standard InChI is InChI=1S/C18H18N4O3/c23-13-19-11-16(24)22(12-17(25)21-9-1-2-10-21)15-7-3-5-14-6-4-8-20-18(14)15/h3-8H,1-2,9-12H2. The third kappa shape index (κ3) is 3.72. The Hall–Kier alpha value is -3.05. The number of rotatable bonds is 5. The predicted molar refractivity (Wildman–Crippen MR) is 92.9 cm³/mol. The first-order valence-corrected chi connectivity index (χ1v) is 8.16. The maximum Gasteiger partial charge on any atom is 0.250 e. The third-order valence-electron chi connectivity index (χ3n) is 4.23. The van der Waals surface area contributed by atoms with Crippen LogP contribution in [-0.2, 0) is 14.4 Å². The van der Waals surface area contributed by atoms with Crippen molar-refractivity contribution in [3.63, 3.8) is 0 Å². The first-order chi connectivity index (χ1) is 12.2. The molecule has 0 saturated carbocycles. The molecule has 25 heavy (non-hydrogen) atoms. The molecule has 0 aliphatic carbocycles. The number of aromatic nitrogens is 1. The maximum absolute atomic E-state index is 12.6. The van der Waals surface area contributed by atoms with Crippen LogP contribution in [0.1, 0.15) is 12.8 Å². The van der Waals surface area contributed by atoms with Crippen molar-refractivity contribution in [2.45, 2.75) is 12.8 Å². The number of nitrogens with zero attached hydrogens (tertiary/aromatic N) is 4. The van der Waals surface area contributed by atoms with E-state index in [0.717, 1.165) is 18.2 Å². The highest BCUT2D eigenvalue weighted by Crippen LogP contribution is 2.25. The van der Waals surface area contributed by atoms with Gasteiger partial charge in [0.1, 0.15) is 13.1 Å². The number of pyridine rings is 1. The van der Waals surface area contributed by atoms with Gasteiger partial charge in [-0.25, -0.2) is 4.79 Å². The molecule has 7 heteroatoms. The molecule has 1 fully saturated rings. The van der Waals surface area contributed by atoms with Crippen LogP contribution in [0.4, 0.5) is 5.69 Å². The van der Waals surface area contributed by atoms with Crippen molar-refractivity contribution in [1.82, 2.24) is 9.88 Å². The fourth-order valence-corrected chi connectivity index (χ4v) is 3.00. The van der Waals surface area contributed by atoms with E-state index in [1.54, 1.807) is 17.2 Å². The summed E-state index contributed by atoms with van der Waals surface area (Å²) >= 11 is 0. The Bertz CT molecular complexity index is 834. The number of benzene rings is 1. The van der Waals surface area contributed by atoms with Crippen LogP contribution in [0.15, 0.2) is 41.5 Å². The van der Waals surface area contributed by atoms with Gasteiger partial charge in [0, 0.05) is 24.7 Å². The largest absolute Gasteiger partial charge is 0.341 e. The van der Waals surface area contributed by atoms with Crippen LogP contribution in [-0.4, -0.2) is 54.0 Å². The van der Waals surface area contributed by atoms with E-state index in [1.807, 2.05) is 24.3 Å². The van der Waals surface area contributed by atoms with Gasteiger partial charge < -0.3 is 4.90 Å². The number of isocyanates is 1. The monoisotopic (exact) mass is 338 g/mol. The second kappa shape index (κ2) is 7.68. The Morgan fingerprint density at radius 1 is 1.20 bits per heavy atom. The molecule has 0 bridgehead atoms. The molecule has 2 heterocycles. The lowest BCUT2D eigenvalue weighted by molar-refractivity contribution is -0.130. The van der Waals surface area contributed by atoms with Gasteiger partial charge in [-0.3, -0.25) is 19.5 Å². The predicted octanol–water partition coefficient (Wildman–Crippen LogP) is 1.53. The molecule has 1 aromatic carbocycles. The minimum atomic E-state index is -0.436. The molecular weight excluding hydrogens is 320 g/mol. The first-order valence-electron chi connectivity index (χ1n) is 8.16. The number of carbonyl (C=O) groups excluding carboxylic acids is 3. The Morgan fingerprint density at radius 3 is 2.72 bits per heavy atom. The summed E-state index contributed by atoms with van der Waals surface area (Å²) in [5, 5.41) is 0.866. The average Bonchev–Trinajstić information content (AvgIpc) is 3.18. The summed E-state index contributed by atoms with van der Waals surface area (Å²) in [6.07, 6.45) is 4.96. The van der Waals surface area contributed by atoms with Crippen LogP contribution in [0.25, 0.3) is 10.9 Å². The molecule has 1 aromatic heterocycles. The quantitative estimate of drug-likeness (QED) is 0.611. The number of para-hydroxylation sites is 1. The summed E-state index contributed by atoms with van der Waals surface area (Å²) in [6, 6.07) is 9.14. The lowest BCUT2D eigenvalue weighted by Crippen LogP contribution is -2.43. The lowest BCUT2D eigenvalue weighted by atomic mass is 10.1. The Labute approximate surface area is 145 Å². The van der Waals surface area contributed by atoms with Crippen molar-refractivity contribution in [2.24, 2.45) is 4.99 Å². The summed E-state index contributed by atoms with van der Waals surface area (Å²) in [5.41, 5.74) is 1.17. The van der Waals surface area contributed by atoms with Gasteiger partial charge in [0.2, 0.25) is 17.9 Å². The zero-order chi connectivity index (χ0) is 17.6. The molecule has 2 aromatic rings. The van der Waals surface area contributed by atoms with E-state index in [9.17, 15) is 14.4 Å². The highest BCUT2D eigenvalue weighted by atomic mass is 16.2. The summed E-state index contributed by atoms with van der Waals surface area (Å²) < 4.78 is 0. The molecule has 0 spiro atoms.